The summed E-state index contributed by atoms with van der Waals surface area (Å²) in [5.74, 6) is 1.31. The van der Waals surface area contributed by atoms with Gasteiger partial charge in [0.1, 0.15) is 18.4 Å². The molecule has 3 unspecified atom stereocenters. The molecule has 0 aliphatic carbocycles. The molecule has 3 rings (SSSR count). The van der Waals surface area contributed by atoms with E-state index in [4.69, 9.17) is 27.9 Å². The van der Waals surface area contributed by atoms with E-state index in [1.54, 1.807) is 12.1 Å². The van der Waals surface area contributed by atoms with Crippen LogP contribution in [-0.4, -0.2) is 22.3 Å². The minimum Gasteiger partial charge on any atom is -0.361 e. The van der Waals surface area contributed by atoms with Crippen LogP contribution in [0.3, 0.4) is 0 Å². The summed E-state index contributed by atoms with van der Waals surface area (Å²) >= 11 is 12.3. The second kappa shape index (κ2) is 9.59. The van der Waals surface area contributed by atoms with Crippen LogP contribution < -0.4 is 21.2 Å². The number of fused-ring (bicyclic) bond motifs is 1. The van der Waals surface area contributed by atoms with Gasteiger partial charge in [-0.25, -0.2) is 9.97 Å². The summed E-state index contributed by atoms with van der Waals surface area (Å²) in [6, 6.07) is 5.31. The van der Waals surface area contributed by atoms with Crippen molar-refractivity contribution < 1.29 is 4.74 Å². The Morgan fingerprint density at radius 2 is 2.04 bits per heavy atom. The minimum absolute atomic E-state index is 0.199. The highest BCUT2D eigenvalue weighted by Gasteiger charge is 2.18. The molecule has 7 heteroatoms. The van der Waals surface area contributed by atoms with Crippen LogP contribution in [0.15, 0.2) is 24.5 Å². The van der Waals surface area contributed by atoms with Crippen molar-refractivity contribution in [3.05, 3.63) is 45.1 Å². The van der Waals surface area contributed by atoms with Gasteiger partial charge in [-0.3, -0.25) is 0 Å². The molecular weight excluding hydrogens is 395 g/mol. The number of nitrogens with one attached hydrogen (secondary N) is 2. The van der Waals surface area contributed by atoms with Gasteiger partial charge in [-0.2, -0.15) is 0 Å². The SMILES string of the molecule is CCC(C)CC(CC)OC1C=c2c(Nc3ccc(Cl)cc3Cl)ncnc2=CN1. The molecule has 1 aromatic heterocycles. The molecule has 3 atom stereocenters. The highest BCUT2D eigenvalue weighted by atomic mass is 35.5. The average molecular weight is 421 g/mol. The molecule has 0 saturated carbocycles. The molecular formula is C21H26Cl2N4O. The third-order valence-corrected chi connectivity index (χ3v) is 5.51. The highest BCUT2D eigenvalue weighted by molar-refractivity contribution is 6.36. The quantitative estimate of drug-likeness (QED) is 0.669. The minimum atomic E-state index is -0.228. The molecule has 0 radical (unpaired) electrons. The number of hydrogen-bond acceptors (Lipinski definition) is 5. The van der Waals surface area contributed by atoms with Crippen molar-refractivity contribution in [3.8, 4) is 0 Å². The predicted molar refractivity (Wildman–Crippen MR) is 116 cm³/mol. The molecule has 2 N–H and O–H groups in total. The lowest BCUT2D eigenvalue weighted by molar-refractivity contribution is -0.00177. The summed E-state index contributed by atoms with van der Waals surface area (Å²) in [5, 5.41) is 9.37. The number of anilines is 2. The summed E-state index contributed by atoms with van der Waals surface area (Å²) in [4.78, 5) is 8.74. The molecule has 2 aromatic rings. The van der Waals surface area contributed by atoms with Gasteiger partial charge in [-0.05, 0) is 43.0 Å². The standard InChI is InChI=1S/C21H26Cl2N4O/c1-4-13(3)8-15(5-2)28-20-10-16-19(11-24-20)25-12-26-21(16)27-18-7-6-14(22)9-17(18)23/h6-7,9-13,15,20,24H,4-5,8H2,1-3H3,(H,25,26,27). The lowest BCUT2D eigenvalue weighted by Crippen LogP contribution is -2.44. The molecule has 0 bridgehead atoms. The van der Waals surface area contributed by atoms with Crippen molar-refractivity contribution in [2.45, 2.75) is 52.4 Å². The monoisotopic (exact) mass is 420 g/mol. The summed E-state index contributed by atoms with van der Waals surface area (Å²) in [7, 11) is 0. The Labute approximate surface area is 175 Å². The molecule has 150 valence electrons. The molecule has 1 aliphatic rings. The molecule has 1 aliphatic heterocycles. The molecule has 0 fully saturated rings. The first kappa shape index (κ1) is 20.9. The molecule has 5 nitrogen and oxygen atoms in total. The van der Waals surface area contributed by atoms with E-state index >= 15 is 0 Å². The van der Waals surface area contributed by atoms with E-state index in [1.807, 2.05) is 18.3 Å². The van der Waals surface area contributed by atoms with E-state index in [2.05, 4.69) is 41.4 Å². The van der Waals surface area contributed by atoms with E-state index in [-0.39, 0.29) is 12.3 Å². The zero-order valence-electron chi connectivity index (χ0n) is 16.4. The maximum absolute atomic E-state index is 6.30. The Balaban J connectivity index is 1.85. The summed E-state index contributed by atoms with van der Waals surface area (Å²) in [6.07, 6.45) is 8.55. The lowest BCUT2D eigenvalue weighted by atomic mass is 9.99. The molecule has 1 aromatic carbocycles. The van der Waals surface area contributed by atoms with Crippen molar-refractivity contribution >= 4 is 47.0 Å². The van der Waals surface area contributed by atoms with Crippen molar-refractivity contribution in [1.82, 2.24) is 15.3 Å². The number of aromatic nitrogens is 2. The smallest absolute Gasteiger partial charge is 0.148 e. The largest absolute Gasteiger partial charge is 0.361 e. The van der Waals surface area contributed by atoms with Crippen LogP contribution in [0.1, 0.15) is 40.0 Å². The number of halogens is 2. The van der Waals surface area contributed by atoms with Gasteiger partial charge in [-0.1, -0.05) is 50.4 Å². The Morgan fingerprint density at radius 3 is 2.75 bits per heavy atom. The Morgan fingerprint density at radius 1 is 1.21 bits per heavy atom. The number of nitrogens with zero attached hydrogens (tertiary/aromatic N) is 2. The van der Waals surface area contributed by atoms with Crippen LogP contribution in [0.5, 0.6) is 0 Å². The van der Waals surface area contributed by atoms with Crippen LogP contribution >= 0.6 is 23.2 Å². The normalized spacial score (nSPS) is 17.5. The fraction of sp³-hybridized carbons (Fsp3) is 0.429. The highest BCUT2D eigenvalue weighted by Crippen LogP contribution is 2.26. The van der Waals surface area contributed by atoms with Crippen LogP contribution in [-0.2, 0) is 4.74 Å². The maximum Gasteiger partial charge on any atom is 0.148 e. The lowest BCUT2D eigenvalue weighted by Gasteiger charge is -2.25. The molecule has 28 heavy (non-hydrogen) atoms. The van der Waals surface area contributed by atoms with E-state index in [1.165, 1.54) is 6.33 Å². The van der Waals surface area contributed by atoms with E-state index in [0.717, 1.165) is 35.5 Å². The molecule has 2 heterocycles. The van der Waals surface area contributed by atoms with Gasteiger partial charge >= 0.3 is 0 Å². The van der Waals surface area contributed by atoms with Gasteiger partial charge in [0.05, 0.1) is 22.2 Å². The molecule has 0 amide bonds. The fourth-order valence-electron chi connectivity index (χ4n) is 3.09. The summed E-state index contributed by atoms with van der Waals surface area (Å²) < 4.78 is 6.29. The second-order valence-electron chi connectivity index (χ2n) is 7.08. The Hall–Kier alpha value is -1.82. The second-order valence-corrected chi connectivity index (χ2v) is 7.93. The van der Waals surface area contributed by atoms with E-state index in [0.29, 0.717) is 21.8 Å². The number of hydrogen-bond donors (Lipinski definition) is 2. The van der Waals surface area contributed by atoms with Crippen molar-refractivity contribution in [2.75, 3.05) is 5.32 Å². The fourth-order valence-corrected chi connectivity index (χ4v) is 3.54. The first-order chi connectivity index (χ1) is 13.5. The van der Waals surface area contributed by atoms with E-state index < -0.39 is 0 Å². The molecule has 0 saturated heterocycles. The van der Waals surface area contributed by atoms with Crippen molar-refractivity contribution in [2.24, 2.45) is 5.92 Å². The van der Waals surface area contributed by atoms with Gasteiger partial charge < -0.3 is 15.4 Å². The molecule has 0 spiro atoms. The number of rotatable bonds is 8. The summed E-state index contributed by atoms with van der Waals surface area (Å²) in [6.45, 7) is 6.63. The van der Waals surface area contributed by atoms with Crippen molar-refractivity contribution in [3.63, 3.8) is 0 Å². The van der Waals surface area contributed by atoms with E-state index in [9.17, 15) is 0 Å². The van der Waals surface area contributed by atoms with Gasteiger partial charge in [0, 0.05) is 16.4 Å². The first-order valence-corrected chi connectivity index (χ1v) is 10.4. The van der Waals surface area contributed by atoms with Crippen LogP contribution in [0.2, 0.25) is 10.0 Å². The third kappa shape index (κ3) is 5.16. The Kier molecular flexibility index (Phi) is 7.16. The Bertz CT molecular complexity index is 934. The predicted octanol–water partition coefficient (Wildman–Crippen LogP) is 4.21. The zero-order valence-corrected chi connectivity index (χ0v) is 17.9. The first-order valence-electron chi connectivity index (χ1n) is 9.66. The van der Waals surface area contributed by atoms with Gasteiger partial charge in [0.25, 0.3) is 0 Å². The topological polar surface area (TPSA) is 59.1 Å². The van der Waals surface area contributed by atoms with Gasteiger partial charge in [-0.15, -0.1) is 0 Å². The van der Waals surface area contributed by atoms with Crippen molar-refractivity contribution in [1.29, 1.82) is 0 Å². The van der Waals surface area contributed by atoms with Gasteiger partial charge in [0.15, 0.2) is 0 Å². The maximum atomic E-state index is 6.30. The summed E-state index contributed by atoms with van der Waals surface area (Å²) in [5.41, 5.74) is 0.736. The average Bonchev–Trinajstić information content (AvgIpc) is 2.69. The van der Waals surface area contributed by atoms with Gasteiger partial charge in [0.2, 0.25) is 0 Å². The van der Waals surface area contributed by atoms with Crippen LogP contribution in [0.4, 0.5) is 11.5 Å². The zero-order chi connectivity index (χ0) is 20.1. The third-order valence-electron chi connectivity index (χ3n) is 4.96. The number of benzene rings is 1. The van der Waals surface area contributed by atoms with Crippen LogP contribution in [0.25, 0.3) is 12.3 Å². The van der Waals surface area contributed by atoms with Crippen LogP contribution in [0, 0.1) is 5.92 Å². The number of ether oxygens (including phenoxy) is 1.